The second-order valence-electron chi connectivity index (χ2n) is 17.8. The van der Waals surface area contributed by atoms with E-state index in [-0.39, 0.29) is 5.92 Å². The van der Waals surface area contributed by atoms with Crippen molar-refractivity contribution in [1.82, 2.24) is 13.7 Å². The van der Waals surface area contributed by atoms with E-state index >= 15 is 0 Å². The molecule has 68 heavy (non-hydrogen) atoms. The van der Waals surface area contributed by atoms with E-state index < -0.39 is 0 Å². The Morgan fingerprint density at radius 3 is 1.76 bits per heavy atom. The molecule has 13 aromatic rings. The van der Waals surface area contributed by atoms with Crippen molar-refractivity contribution in [1.29, 1.82) is 10.5 Å². The number of benzene rings is 9. The minimum atomic E-state index is 0.243. The van der Waals surface area contributed by atoms with Crippen LogP contribution >= 0.6 is 0 Å². The maximum atomic E-state index is 11.3. The number of hydrogen-bond donors (Lipinski definition) is 0. The molecule has 0 bridgehead atoms. The number of rotatable bonds is 5. The van der Waals surface area contributed by atoms with Crippen LogP contribution in [0.1, 0.15) is 29.0 Å². The zero-order chi connectivity index (χ0) is 45.0. The van der Waals surface area contributed by atoms with E-state index in [9.17, 15) is 10.5 Å². The molecule has 6 heteroatoms. The van der Waals surface area contributed by atoms with Gasteiger partial charge in [-0.2, -0.15) is 10.5 Å². The Labute approximate surface area is 389 Å². The Bertz CT molecular complexity index is 4390. The Morgan fingerprint density at radius 2 is 1.04 bits per heavy atom. The normalized spacial score (nSPS) is 13.8. The largest absolute Gasteiger partial charge is 0.455 e. The van der Waals surface area contributed by atoms with Gasteiger partial charge in [-0.3, -0.25) is 0 Å². The Balaban J connectivity index is 1.12. The SMILES string of the molecule is N#Cc1ccc(C#N)c(-n2c3ccc(-n4c5ccccc5c5ccccc54)cc3c3c4oc5ccccc5c4ccc32)c1-n1c2ccc(-c3ccccc3)cc2c2cc(C3C=CC=CC3)ccc21. The standard InChI is InChI=1S/C62H37N5O/c63-36-42-23-24-43(37-64)61(60(42)66-54-29-25-40(38-13-3-1-4-14-38)33-49(54)50-34-41(26-30-55(50)66)39-15-5-2-6-16-39)67-56-31-27-44(65-52-20-10-7-17-45(52)46-18-8-11-21-53(46)65)35-51(56)59-57(67)32-28-48-47-19-9-12-22-58(47)68-62(48)59/h1-15,17-35,39H,16H2. The smallest absolute Gasteiger partial charge is 0.145 e. The molecule has 0 radical (unpaired) electrons. The summed E-state index contributed by atoms with van der Waals surface area (Å²) in [4.78, 5) is 0. The van der Waals surface area contributed by atoms with Crippen LogP contribution in [-0.2, 0) is 0 Å². The second kappa shape index (κ2) is 14.6. The molecule has 0 saturated heterocycles. The molecule has 316 valence electrons. The van der Waals surface area contributed by atoms with Crippen molar-refractivity contribution in [2.45, 2.75) is 12.3 Å². The molecule has 0 spiro atoms. The van der Waals surface area contributed by atoms with Crippen molar-refractivity contribution >= 4 is 87.4 Å². The summed E-state index contributed by atoms with van der Waals surface area (Å²) in [6, 6.07) is 68.8. The van der Waals surface area contributed by atoms with Crippen molar-refractivity contribution in [3.05, 3.63) is 223 Å². The Kier molecular flexibility index (Phi) is 8.14. The third-order valence-electron chi connectivity index (χ3n) is 14.2. The number of hydrogen-bond acceptors (Lipinski definition) is 3. The molecule has 0 fully saturated rings. The van der Waals surface area contributed by atoms with E-state index in [1.54, 1.807) is 12.1 Å². The summed E-state index contributed by atoms with van der Waals surface area (Å²) in [5.41, 5.74) is 14.1. The van der Waals surface area contributed by atoms with Gasteiger partial charge in [-0.05, 0) is 108 Å². The summed E-state index contributed by atoms with van der Waals surface area (Å²) < 4.78 is 13.6. The third-order valence-corrected chi connectivity index (χ3v) is 14.2. The van der Waals surface area contributed by atoms with Crippen LogP contribution in [0.3, 0.4) is 0 Å². The lowest BCUT2D eigenvalue weighted by Crippen LogP contribution is -2.08. The first-order chi connectivity index (χ1) is 33.7. The molecule has 4 aromatic heterocycles. The molecule has 6 nitrogen and oxygen atoms in total. The molecule has 14 rings (SSSR count). The van der Waals surface area contributed by atoms with Gasteiger partial charge in [-0.25, -0.2) is 0 Å². The van der Waals surface area contributed by atoms with Crippen molar-refractivity contribution in [3.8, 4) is 40.3 Å². The fourth-order valence-corrected chi connectivity index (χ4v) is 11.2. The van der Waals surface area contributed by atoms with Gasteiger partial charge in [0.25, 0.3) is 0 Å². The molecule has 4 heterocycles. The van der Waals surface area contributed by atoms with Crippen LogP contribution in [-0.4, -0.2) is 13.7 Å². The van der Waals surface area contributed by atoms with Gasteiger partial charge in [0, 0.05) is 49.3 Å². The average Bonchev–Trinajstić information content (AvgIpc) is 4.14. The van der Waals surface area contributed by atoms with Gasteiger partial charge in [0.05, 0.1) is 61.0 Å². The fourth-order valence-electron chi connectivity index (χ4n) is 11.2. The first-order valence-electron chi connectivity index (χ1n) is 23.0. The van der Waals surface area contributed by atoms with Gasteiger partial charge in [0.2, 0.25) is 0 Å². The van der Waals surface area contributed by atoms with Crippen LogP contribution in [0.2, 0.25) is 0 Å². The Morgan fingerprint density at radius 1 is 0.441 bits per heavy atom. The molecule has 0 N–H and O–H groups in total. The van der Waals surface area contributed by atoms with E-state index in [0.29, 0.717) is 22.5 Å². The van der Waals surface area contributed by atoms with Crippen molar-refractivity contribution in [2.75, 3.05) is 0 Å². The molecule has 1 aliphatic carbocycles. The van der Waals surface area contributed by atoms with E-state index in [0.717, 1.165) is 99.8 Å². The van der Waals surface area contributed by atoms with Gasteiger partial charge in [0.15, 0.2) is 0 Å². The molecular weight excluding hydrogens is 831 g/mol. The van der Waals surface area contributed by atoms with Crippen molar-refractivity contribution < 1.29 is 4.42 Å². The van der Waals surface area contributed by atoms with Gasteiger partial charge in [-0.1, -0.05) is 121 Å². The third kappa shape index (κ3) is 5.37. The lowest BCUT2D eigenvalue weighted by Gasteiger charge is -2.20. The summed E-state index contributed by atoms with van der Waals surface area (Å²) in [7, 11) is 0. The van der Waals surface area contributed by atoms with Crippen LogP contribution < -0.4 is 0 Å². The van der Waals surface area contributed by atoms with Gasteiger partial charge < -0.3 is 18.1 Å². The number of nitrogens with zero attached hydrogens (tertiary/aromatic N) is 5. The zero-order valence-corrected chi connectivity index (χ0v) is 36.6. The Hall–Kier alpha value is -9.36. The highest BCUT2D eigenvalue weighted by molar-refractivity contribution is 6.24. The molecule has 1 unspecified atom stereocenters. The molecule has 0 saturated carbocycles. The molecule has 9 aromatic carbocycles. The highest BCUT2D eigenvalue weighted by Crippen LogP contribution is 2.46. The number of nitriles is 2. The predicted molar refractivity (Wildman–Crippen MR) is 277 cm³/mol. The monoisotopic (exact) mass is 867 g/mol. The molecule has 1 atom stereocenters. The minimum Gasteiger partial charge on any atom is -0.455 e. The number of furan rings is 1. The summed E-state index contributed by atoms with van der Waals surface area (Å²) in [5.74, 6) is 0.243. The highest BCUT2D eigenvalue weighted by Gasteiger charge is 2.28. The minimum absolute atomic E-state index is 0.243. The van der Waals surface area contributed by atoms with Gasteiger partial charge in [0.1, 0.15) is 23.3 Å². The van der Waals surface area contributed by atoms with Crippen LogP contribution in [0, 0.1) is 22.7 Å². The topological polar surface area (TPSA) is 75.5 Å². The van der Waals surface area contributed by atoms with Crippen molar-refractivity contribution in [2.24, 2.45) is 0 Å². The van der Waals surface area contributed by atoms with Gasteiger partial charge >= 0.3 is 0 Å². The van der Waals surface area contributed by atoms with Crippen LogP contribution in [0.5, 0.6) is 0 Å². The number of fused-ring (bicyclic) bond motifs is 13. The van der Waals surface area contributed by atoms with Crippen molar-refractivity contribution in [3.63, 3.8) is 0 Å². The molecule has 0 aliphatic heterocycles. The molecule has 0 amide bonds. The first kappa shape index (κ1) is 38.0. The molecular formula is C62H37N5O. The maximum Gasteiger partial charge on any atom is 0.145 e. The second-order valence-corrected chi connectivity index (χ2v) is 17.8. The summed E-state index contributed by atoms with van der Waals surface area (Å²) in [5, 5.41) is 31.0. The summed E-state index contributed by atoms with van der Waals surface area (Å²) in [6.07, 6.45) is 9.66. The van der Waals surface area contributed by atoms with E-state index in [1.165, 1.54) is 16.3 Å². The fraction of sp³-hybridized carbons (Fsp3) is 0.0323. The quantitative estimate of drug-likeness (QED) is 0.173. The van der Waals surface area contributed by atoms with E-state index in [4.69, 9.17) is 4.42 Å². The lowest BCUT2D eigenvalue weighted by atomic mass is 9.91. The average molecular weight is 868 g/mol. The predicted octanol–water partition coefficient (Wildman–Crippen LogP) is 15.9. The van der Waals surface area contributed by atoms with Crippen LogP contribution in [0.15, 0.2) is 211 Å². The maximum absolute atomic E-state index is 11.3. The van der Waals surface area contributed by atoms with Gasteiger partial charge in [-0.15, -0.1) is 0 Å². The van der Waals surface area contributed by atoms with E-state index in [2.05, 4.69) is 196 Å². The number of aromatic nitrogens is 3. The molecule has 1 aliphatic rings. The van der Waals surface area contributed by atoms with Crippen LogP contribution in [0.4, 0.5) is 0 Å². The summed E-state index contributed by atoms with van der Waals surface area (Å²) in [6.45, 7) is 0. The van der Waals surface area contributed by atoms with Crippen LogP contribution in [0.25, 0.3) is 116 Å². The highest BCUT2D eigenvalue weighted by atomic mass is 16.3. The number of allylic oxidation sites excluding steroid dienone is 4. The number of para-hydroxylation sites is 3. The zero-order valence-electron chi connectivity index (χ0n) is 36.6. The first-order valence-corrected chi connectivity index (χ1v) is 23.0. The summed E-state index contributed by atoms with van der Waals surface area (Å²) >= 11 is 0. The van der Waals surface area contributed by atoms with E-state index in [1.807, 2.05) is 24.3 Å². The lowest BCUT2D eigenvalue weighted by molar-refractivity contribution is 0.673.